The molecule has 0 bridgehead atoms. The van der Waals surface area contributed by atoms with E-state index in [1.165, 1.54) is 38.3 Å². The molecule has 0 radical (unpaired) electrons. The third kappa shape index (κ3) is 10.0. The van der Waals surface area contributed by atoms with Crippen molar-refractivity contribution in [3.05, 3.63) is 49.2 Å². The molecule has 1 aliphatic heterocycles. The first-order valence-electron chi connectivity index (χ1n) is 19.1. The van der Waals surface area contributed by atoms with Crippen LogP contribution in [0.5, 0.6) is 11.6 Å². The maximum Gasteiger partial charge on any atom is 0.438 e. The van der Waals surface area contributed by atoms with E-state index in [4.69, 9.17) is 14.2 Å². The van der Waals surface area contributed by atoms with Gasteiger partial charge in [-0.3, -0.25) is 19.1 Å². The molecule has 1 unspecified atom stereocenters. The summed E-state index contributed by atoms with van der Waals surface area (Å²) in [4.78, 5) is 64.4. The van der Waals surface area contributed by atoms with E-state index < -0.39 is 98.1 Å². The Morgan fingerprint density at radius 2 is 1.78 bits per heavy atom. The summed E-state index contributed by atoms with van der Waals surface area (Å²) in [5, 5.41) is 5.24. The van der Waals surface area contributed by atoms with Crippen molar-refractivity contribution < 1.29 is 55.0 Å². The van der Waals surface area contributed by atoms with Gasteiger partial charge in [-0.1, -0.05) is 25.0 Å². The average molecular weight is 837 g/mol. The number of carbonyl (C=O) groups excluding carboxylic acids is 4. The van der Waals surface area contributed by atoms with E-state index in [-0.39, 0.29) is 30.3 Å². The van der Waals surface area contributed by atoms with Crippen LogP contribution in [0, 0.1) is 5.92 Å². The number of likely N-dealkylation sites (tertiary alicyclic amines) is 1. The minimum absolute atomic E-state index is 0.000476. The molecule has 318 valence electrons. The lowest BCUT2D eigenvalue weighted by atomic mass is 10.0. The van der Waals surface area contributed by atoms with Crippen molar-refractivity contribution in [3.63, 3.8) is 0 Å². The second-order valence-corrected chi connectivity index (χ2v) is 18.4. The van der Waals surface area contributed by atoms with E-state index in [1.54, 1.807) is 26.8 Å². The summed E-state index contributed by atoms with van der Waals surface area (Å²) in [6, 6.07) is 1.40. The van der Waals surface area contributed by atoms with Crippen molar-refractivity contribution in [2.45, 2.75) is 126 Å². The number of rotatable bonds is 17. The molecule has 1 aromatic heterocycles. The molecule has 0 spiro atoms. The summed E-state index contributed by atoms with van der Waals surface area (Å²) in [7, 11) is -2.74. The number of alkyl carbamates (subject to hydrolysis) is 1. The smallest absolute Gasteiger partial charge is 0.438 e. The summed E-state index contributed by atoms with van der Waals surface area (Å²) in [6.45, 7) is 13.4. The minimum Gasteiger partial charge on any atom is -0.497 e. The number of nitrogens with one attached hydrogen (secondary N) is 3. The zero-order valence-corrected chi connectivity index (χ0v) is 34.1. The van der Waals surface area contributed by atoms with E-state index >= 15 is 0 Å². The van der Waals surface area contributed by atoms with Gasteiger partial charge in [0.2, 0.25) is 33.4 Å². The second-order valence-electron chi connectivity index (χ2n) is 16.2. The van der Waals surface area contributed by atoms with Crippen molar-refractivity contribution in [1.29, 1.82) is 0 Å². The standard InChI is InChI=1S/C39H51F3N6O9S/c1-8-10-11-12-13-14-27(45-35(52)57-36(3,4)5)33(50)48-22-25(56-32-30(39(40,41)42)43-26-16-15-24(55-7)19-28(26)44-32)20-29(48)31(49)46-38(21-23(38)9-2)34(51)47-58(53,54)37(6)17-18-37/h8-9,15-16,19,23,25,27,29H,1-2,10-14,17-18,20-22H2,3-7H3,(H,45,52)(H,46,49)(H,47,51)/t23-,25-,27+,29+,38?/m1/s1. The number of sulfonamides is 1. The van der Waals surface area contributed by atoms with Crippen LogP contribution in [-0.2, 0) is 35.3 Å². The van der Waals surface area contributed by atoms with Gasteiger partial charge in [0.05, 0.1) is 29.4 Å². The molecule has 2 aromatic rings. The quantitative estimate of drug-likeness (QED) is 0.142. The van der Waals surface area contributed by atoms with Gasteiger partial charge in [0, 0.05) is 18.4 Å². The Kier molecular flexibility index (Phi) is 12.7. The van der Waals surface area contributed by atoms with Gasteiger partial charge in [-0.2, -0.15) is 13.2 Å². The van der Waals surface area contributed by atoms with Gasteiger partial charge < -0.3 is 29.7 Å². The molecule has 2 heterocycles. The van der Waals surface area contributed by atoms with Crippen molar-refractivity contribution in [3.8, 4) is 11.6 Å². The van der Waals surface area contributed by atoms with Gasteiger partial charge in [0.25, 0.3) is 5.91 Å². The fourth-order valence-corrected chi connectivity index (χ4v) is 8.10. The number of carbonyl (C=O) groups is 4. The first-order valence-corrected chi connectivity index (χ1v) is 20.6. The van der Waals surface area contributed by atoms with Gasteiger partial charge >= 0.3 is 12.3 Å². The second kappa shape index (κ2) is 16.7. The number of hydrogen-bond donors (Lipinski definition) is 3. The van der Waals surface area contributed by atoms with Gasteiger partial charge in [0.15, 0.2) is 0 Å². The van der Waals surface area contributed by atoms with E-state index in [2.05, 4.69) is 38.5 Å². The zero-order valence-electron chi connectivity index (χ0n) is 33.2. The summed E-state index contributed by atoms with van der Waals surface area (Å²) in [5.74, 6) is -3.92. The van der Waals surface area contributed by atoms with E-state index in [0.717, 1.165) is 17.7 Å². The lowest BCUT2D eigenvalue weighted by Crippen LogP contribution is -2.58. The number of amides is 4. The summed E-state index contributed by atoms with van der Waals surface area (Å²) in [6.07, 6.45) is -1.02. The molecular formula is C39H51F3N6O9S. The van der Waals surface area contributed by atoms with Crippen LogP contribution < -0.4 is 24.8 Å². The zero-order chi connectivity index (χ0) is 42.8. The predicted molar refractivity (Wildman–Crippen MR) is 206 cm³/mol. The Morgan fingerprint density at radius 3 is 2.36 bits per heavy atom. The number of alkyl halides is 3. The molecule has 5 rings (SSSR count). The number of hydrogen-bond acceptors (Lipinski definition) is 11. The summed E-state index contributed by atoms with van der Waals surface area (Å²) < 4.78 is 86.7. The number of unbranched alkanes of at least 4 members (excludes halogenated alkanes) is 3. The number of allylic oxidation sites excluding steroid dienone is 1. The third-order valence-corrected chi connectivity index (χ3v) is 12.7. The number of fused-ring (bicyclic) bond motifs is 1. The Morgan fingerprint density at radius 1 is 1.07 bits per heavy atom. The Labute approximate surface area is 335 Å². The van der Waals surface area contributed by atoms with Crippen LogP contribution in [0.1, 0.15) is 91.2 Å². The average Bonchev–Trinajstić information content (AvgIpc) is 4.02. The third-order valence-electron chi connectivity index (χ3n) is 10.5. The maximum atomic E-state index is 14.5. The largest absolute Gasteiger partial charge is 0.497 e. The van der Waals surface area contributed by atoms with Crippen LogP contribution in [0.4, 0.5) is 18.0 Å². The fraction of sp³-hybridized carbons (Fsp3) is 0.590. The molecule has 5 atom stereocenters. The van der Waals surface area contributed by atoms with Gasteiger partial charge in [0.1, 0.15) is 35.1 Å². The van der Waals surface area contributed by atoms with Crippen LogP contribution in [0.25, 0.3) is 11.0 Å². The van der Waals surface area contributed by atoms with Crippen molar-refractivity contribution in [2.75, 3.05) is 13.7 Å². The molecule has 58 heavy (non-hydrogen) atoms. The molecule has 2 saturated carbocycles. The van der Waals surface area contributed by atoms with Gasteiger partial charge in [-0.05, 0) is 78.4 Å². The Bertz CT molecular complexity index is 2050. The lowest BCUT2D eigenvalue weighted by molar-refractivity contribution is -0.143. The molecule has 15 nitrogen and oxygen atoms in total. The summed E-state index contributed by atoms with van der Waals surface area (Å²) >= 11 is 0. The molecule has 3 N–H and O–H groups in total. The normalized spacial score (nSPS) is 23.0. The van der Waals surface area contributed by atoms with Gasteiger partial charge in [-0.25, -0.2) is 23.2 Å². The maximum absolute atomic E-state index is 14.5. The SMILES string of the molecule is C=CCCCCC[C@H](NC(=O)OC(C)(C)C)C(=O)N1C[C@H](Oc2nc3cc(OC)ccc3nc2C(F)(F)F)C[C@H]1C(=O)NC1(C(=O)NS(=O)(=O)C2(C)CC2)C[C@H]1C=C. The molecule has 1 aromatic carbocycles. The Balaban J connectivity index is 1.48. The van der Waals surface area contributed by atoms with Crippen molar-refractivity contribution in [2.24, 2.45) is 5.92 Å². The molecule has 3 aliphatic rings. The first kappa shape index (κ1) is 44.2. The number of halogens is 3. The summed E-state index contributed by atoms with van der Waals surface area (Å²) in [5.41, 5.74) is -4.17. The lowest BCUT2D eigenvalue weighted by Gasteiger charge is -2.30. The van der Waals surface area contributed by atoms with Crippen molar-refractivity contribution in [1.82, 2.24) is 30.2 Å². The highest BCUT2D eigenvalue weighted by Crippen LogP contribution is 2.47. The molecule has 1 saturated heterocycles. The minimum atomic E-state index is -5.02. The highest BCUT2D eigenvalue weighted by molar-refractivity contribution is 7.91. The van der Waals surface area contributed by atoms with Crippen LogP contribution in [0.15, 0.2) is 43.5 Å². The first-order chi connectivity index (χ1) is 27.1. The predicted octanol–water partition coefficient (Wildman–Crippen LogP) is 5.09. The number of ether oxygens (including phenoxy) is 3. The van der Waals surface area contributed by atoms with Crippen LogP contribution >= 0.6 is 0 Å². The highest BCUT2D eigenvalue weighted by Gasteiger charge is 2.63. The topological polar surface area (TPSA) is 195 Å². The molecule has 19 heteroatoms. The molecular weight excluding hydrogens is 786 g/mol. The molecule has 2 aliphatic carbocycles. The number of methoxy groups -OCH3 is 1. The Hall–Kier alpha value is -4.94. The highest BCUT2D eigenvalue weighted by atomic mass is 32.2. The van der Waals surface area contributed by atoms with Crippen molar-refractivity contribution >= 4 is 44.9 Å². The van der Waals surface area contributed by atoms with Gasteiger partial charge in [-0.15, -0.1) is 13.2 Å². The molecule has 4 amide bonds. The number of benzene rings is 1. The fourth-order valence-electron chi connectivity index (χ4n) is 6.78. The van der Waals surface area contributed by atoms with Crippen LogP contribution in [0.2, 0.25) is 0 Å². The van der Waals surface area contributed by atoms with E-state index in [1.807, 2.05) is 0 Å². The number of nitrogens with zero attached hydrogens (tertiary/aromatic N) is 3. The monoisotopic (exact) mass is 836 g/mol. The van der Waals surface area contributed by atoms with Crippen LogP contribution in [-0.4, -0.2) is 94.8 Å². The molecule has 3 fully saturated rings. The van der Waals surface area contributed by atoms with Crippen LogP contribution in [0.3, 0.4) is 0 Å². The number of aromatic nitrogens is 2. The van der Waals surface area contributed by atoms with E-state index in [9.17, 15) is 40.8 Å². The van der Waals surface area contributed by atoms with E-state index in [0.29, 0.717) is 31.4 Å².